The van der Waals surface area contributed by atoms with E-state index in [1.807, 2.05) is 6.92 Å². The molecule has 1 aromatic heterocycles. The number of nitrogens with one attached hydrogen (secondary N) is 1. The molecule has 1 heterocycles. The number of hydrogen-bond donors (Lipinski definition) is 2. The second kappa shape index (κ2) is 5.86. The summed E-state index contributed by atoms with van der Waals surface area (Å²) in [4.78, 5) is 22.7. The van der Waals surface area contributed by atoms with Crippen molar-refractivity contribution in [2.45, 2.75) is 32.7 Å². The van der Waals surface area contributed by atoms with E-state index in [0.717, 1.165) is 0 Å². The highest BCUT2D eigenvalue weighted by atomic mass is 79.9. The highest BCUT2D eigenvalue weighted by molar-refractivity contribution is 9.10. The van der Waals surface area contributed by atoms with Crippen LogP contribution in [0.1, 0.15) is 35.9 Å². The van der Waals surface area contributed by atoms with E-state index in [-0.39, 0.29) is 5.76 Å². The van der Waals surface area contributed by atoms with Gasteiger partial charge in [-0.2, -0.15) is 0 Å². The molecular formula is C11H14BrNO4. The number of rotatable bonds is 5. The Morgan fingerprint density at radius 3 is 2.65 bits per heavy atom. The van der Waals surface area contributed by atoms with E-state index >= 15 is 0 Å². The maximum absolute atomic E-state index is 11.8. The number of carboxylic acid groups (broad SMARTS) is 1. The zero-order valence-electron chi connectivity index (χ0n) is 9.62. The first-order valence-electron chi connectivity index (χ1n) is 5.25. The zero-order valence-corrected chi connectivity index (χ0v) is 11.2. The van der Waals surface area contributed by atoms with E-state index in [1.54, 1.807) is 13.0 Å². The largest absolute Gasteiger partial charge is 0.480 e. The molecule has 1 unspecified atom stereocenters. The van der Waals surface area contributed by atoms with Gasteiger partial charge in [0.05, 0.1) is 0 Å². The highest BCUT2D eigenvalue weighted by Gasteiger charge is 2.22. The molecule has 1 amide bonds. The van der Waals surface area contributed by atoms with E-state index in [0.29, 0.717) is 23.1 Å². The molecule has 0 aromatic carbocycles. The second-order valence-corrected chi connectivity index (χ2v) is 4.50. The normalized spacial score (nSPS) is 12.2. The Bertz CT molecular complexity index is 427. The lowest BCUT2D eigenvalue weighted by Gasteiger charge is -2.12. The monoisotopic (exact) mass is 303 g/mol. The molecular weight excluding hydrogens is 290 g/mol. The molecule has 0 spiro atoms. The van der Waals surface area contributed by atoms with Crippen molar-refractivity contribution >= 4 is 27.8 Å². The summed E-state index contributed by atoms with van der Waals surface area (Å²) < 4.78 is 5.59. The molecule has 5 nitrogen and oxygen atoms in total. The predicted molar refractivity (Wildman–Crippen MR) is 64.9 cm³/mol. The molecule has 0 aliphatic heterocycles. The van der Waals surface area contributed by atoms with Crippen molar-refractivity contribution in [2.75, 3.05) is 0 Å². The van der Waals surface area contributed by atoms with Gasteiger partial charge in [0.15, 0.2) is 10.4 Å². The summed E-state index contributed by atoms with van der Waals surface area (Å²) >= 11 is 3.11. The van der Waals surface area contributed by atoms with E-state index in [9.17, 15) is 9.59 Å². The van der Waals surface area contributed by atoms with E-state index in [2.05, 4.69) is 21.2 Å². The van der Waals surface area contributed by atoms with Crippen LogP contribution in [0.2, 0.25) is 0 Å². The number of aryl methyl sites for hydroxylation is 1. The van der Waals surface area contributed by atoms with Crippen molar-refractivity contribution < 1.29 is 19.1 Å². The minimum absolute atomic E-state index is 0.138. The van der Waals surface area contributed by atoms with E-state index in [1.165, 1.54) is 0 Å². The second-order valence-electron chi connectivity index (χ2n) is 3.72. The fourth-order valence-electron chi connectivity index (χ4n) is 1.44. The topological polar surface area (TPSA) is 79.5 Å². The van der Waals surface area contributed by atoms with Crippen molar-refractivity contribution in [3.8, 4) is 0 Å². The number of amides is 1. The molecule has 2 N–H and O–H groups in total. The number of carbonyl (C=O) groups excluding carboxylic acids is 1. The molecule has 0 bridgehead atoms. The maximum atomic E-state index is 11.8. The average molecular weight is 304 g/mol. The summed E-state index contributed by atoms with van der Waals surface area (Å²) in [6, 6.07) is 0.778. The van der Waals surface area contributed by atoms with Crippen LogP contribution in [0.25, 0.3) is 0 Å². The summed E-state index contributed by atoms with van der Waals surface area (Å²) in [7, 11) is 0. The molecule has 0 radical (unpaired) electrons. The van der Waals surface area contributed by atoms with E-state index in [4.69, 9.17) is 9.52 Å². The van der Waals surface area contributed by atoms with Gasteiger partial charge < -0.3 is 14.8 Å². The number of hydrogen-bond acceptors (Lipinski definition) is 3. The fraction of sp³-hybridized carbons (Fsp3) is 0.455. The third-order valence-corrected chi connectivity index (χ3v) is 2.67. The SMILES string of the molecule is CCCC(NC(=O)c1oc(Br)cc1C)C(=O)O. The predicted octanol–water partition coefficient (Wildman–Crippen LogP) is 2.33. The minimum Gasteiger partial charge on any atom is -0.480 e. The Morgan fingerprint density at radius 2 is 2.24 bits per heavy atom. The Morgan fingerprint density at radius 1 is 1.59 bits per heavy atom. The number of halogens is 1. The first kappa shape index (κ1) is 13.8. The number of carboxylic acids is 1. The number of carbonyl (C=O) groups is 2. The summed E-state index contributed by atoms with van der Waals surface area (Å²) in [5.41, 5.74) is 0.662. The van der Waals surface area contributed by atoms with Crippen LogP contribution in [0, 0.1) is 6.92 Å². The van der Waals surface area contributed by atoms with Gasteiger partial charge in [-0.15, -0.1) is 0 Å². The summed E-state index contributed by atoms with van der Waals surface area (Å²) in [5.74, 6) is -1.41. The lowest BCUT2D eigenvalue weighted by molar-refractivity contribution is -0.139. The first-order valence-corrected chi connectivity index (χ1v) is 6.04. The van der Waals surface area contributed by atoms with Gasteiger partial charge in [-0.3, -0.25) is 4.79 Å². The summed E-state index contributed by atoms with van der Waals surface area (Å²) in [5, 5.41) is 11.4. The van der Waals surface area contributed by atoms with Gasteiger partial charge in [-0.1, -0.05) is 13.3 Å². The molecule has 6 heteroatoms. The highest BCUT2D eigenvalue weighted by Crippen LogP contribution is 2.19. The summed E-state index contributed by atoms with van der Waals surface area (Å²) in [6.45, 7) is 3.58. The van der Waals surface area contributed by atoms with Crippen LogP contribution >= 0.6 is 15.9 Å². The van der Waals surface area contributed by atoms with Gasteiger partial charge in [0, 0.05) is 5.56 Å². The Balaban J connectivity index is 2.77. The molecule has 0 aliphatic rings. The van der Waals surface area contributed by atoms with Crippen LogP contribution < -0.4 is 5.32 Å². The van der Waals surface area contributed by atoms with Crippen molar-refractivity contribution in [3.63, 3.8) is 0 Å². The van der Waals surface area contributed by atoms with Gasteiger partial charge in [0.2, 0.25) is 0 Å². The molecule has 17 heavy (non-hydrogen) atoms. The molecule has 1 aromatic rings. The summed E-state index contributed by atoms with van der Waals surface area (Å²) in [6.07, 6.45) is 1.07. The van der Waals surface area contributed by atoms with Crippen molar-refractivity contribution in [2.24, 2.45) is 0 Å². The van der Waals surface area contributed by atoms with Crippen LogP contribution in [0.3, 0.4) is 0 Å². The molecule has 0 aliphatic carbocycles. The van der Waals surface area contributed by atoms with Crippen LogP contribution in [0.5, 0.6) is 0 Å². The van der Waals surface area contributed by atoms with Gasteiger partial charge in [0.25, 0.3) is 5.91 Å². The third-order valence-electron chi connectivity index (χ3n) is 2.27. The minimum atomic E-state index is -1.04. The number of aliphatic carboxylic acids is 1. The van der Waals surface area contributed by atoms with Crippen molar-refractivity contribution in [3.05, 3.63) is 22.1 Å². The lowest BCUT2D eigenvalue weighted by atomic mass is 10.1. The molecule has 94 valence electrons. The quantitative estimate of drug-likeness (QED) is 0.875. The van der Waals surface area contributed by atoms with Crippen LogP contribution in [0.4, 0.5) is 0 Å². The first-order chi connectivity index (χ1) is 7.95. The van der Waals surface area contributed by atoms with Gasteiger partial charge in [-0.25, -0.2) is 4.79 Å². The number of furan rings is 1. The Hall–Kier alpha value is -1.30. The molecule has 0 saturated carbocycles. The standard InChI is InChI=1S/C11H14BrNO4/c1-3-4-7(11(15)16)13-10(14)9-6(2)5-8(12)17-9/h5,7H,3-4H2,1-2H3,(H,13,14)(H,15,16). The third kappa shape index (κ3) is 3.59. The van der Waals surface area contributed by atoms with Crippen LogP contribution in [-0.4, -0.2) is 23.0 Å². The van der Waals surface area contributed by atoms with E-state index < -0.39 is 17.9 Å². The van der Waals surface area contributed by atoms with Crippen molar-refractivity contribution in [1.29, 1.82) is 0 Å². The Kier molecular flexibility index (Phi) is 4.74. The maximum Gasteiger partial charge on any atom is 0.326 e. The van der Waals surface area contributed by atoms with Crippen LogP contribution in [-0.2, 0) is 4.79 Å². The Labute approximate surface area is 107 Å². The van der Waals surface area contributed by atoms with Gasteiger partial charge in [0.1, 0.15) is 6.04 Å². The molecule has 1 atom stereocenters. The fourth-order valence-corrected chi connectivity index (χ4v) is 1.94. The lowest BCUT2D eigenvalue weighted by Crippen LogP contribution is -2.40. The average Bonchev–Trinajstić information content (AvgIpc) is 2.57. The van der Waals surface area contributed by atoms with Crippen molar-refractivity contribution in [1.82, 2.24) is 5.32 Å². The van der Waals surface area contributed by atoms with Crippen LogP contribution in [0.15, 0.2) is 15.2 Å². The molecule has 0 fully saturated rings. The zero-order chi connectivity index (χ0) is 13.0. The van der Waals surface area contributed by atoms with Gasteiger partial charge in [-0.05, 0) is 35.3 Å². The van der Waals surface area contributed by atoms with Gasteiger partial charge >= 0.3 is 5.97 Å². The molecule has 0 saturated heterocycles. The molecule has 1 rings (SSSR count). The smallest absolute Gasteiger partial charge is 0.326 e.